The highest BCUT2D eigenvalue weighted by Crippen LogP contribution is 2.34. The summed E-state index contributed by atoms with van der Waals surface area (Å²) in [5.41, 5.74) is 0. The van der Waals surface area contributed by atoms with Crippen LogP contribution in [0.2, 0.25) is 0 Å². The molecule has 1 aromatic heterocycles. The van der Waals surface area contributed by atoms with Gasteiger partial charge in [0.05, 0.1) is 0 Å². The molecule has 3 rings (SSSR count). The Balaban J connectivity index is 1.78. The molecule has 0 unspecified atom stereocenters. The molecule has 1 heterocycles. The highest BCUT2D eigenvalue weighted by molar-refractivity contribution is 5.30. The Bertz CT molecular complexity index is 347. The minimum absolute atomic E-state index is 0.650. The summed E-state index contributed by atoms with van der Waals surface area (Å²) in [6.07, 6.45) is 7.84. The van der Waals surface area contributed by atoms with Gasteiger partial charge in [0, 0.05) is 19.0 Å². The fraction of sp³-hybridized carbons (Fsp3) is 0.818. The van der Waals surface area contributed by atoms with Crippen molar-refractivity contribution in [2.75, 3.05) is 5.32 Å². The van der Waals surface area contributed by atoms with E-state index < -0.39 is 0 Å². The van der Waals surface area contributed by atoms with Crippen LogP contribution in [0.5, 0.6) is 0 Å². The standard InChI is InChI=1S/C11H18N4/c1-15-10(8-4-2-3-5-8)13-14-11(15)12-9-6-7-9/h8-9H,2-7H2,1H3,(H,12,14). The maximum atomic E-state index is 4.33. The molecular weight excluding hydrogens is 188 g/mol. The van der Waals surface area contributed by atoms with E-state index in [0.29, 0.717) is 12.0 Å². The molecule has 2 aliphatic carbocycles. The molecule has 2 aliphatic rings. The van der Waals surface area contributed by atoms with Crippen molar-refractivity contribution in [1.29, 1.82) is 0 Å². The molecule has 2 saturated carbocycles. The number of anilines is 1. The smallest absolute Gasteiger partial charge is 0.224 e. The molecule has 2 fully saturated rings. The Labute approximate surface area is 90.1 Å². The molecule has 0 radical (unpaired) electrons. The zero-order chi connectivity index (χ0) is 10.3. The van der Waals surface area contributed by atoms with Gasteiger partial charge in [-0.15, -0.1) is 10.2 Å². The molecule has 0 aliphatic heterocycles. The summed E-state index contributed by atoms with van der Waals surface area (Å²) in [5, 5.41) is 12.0. The van der Waals surface area contributed by atoms with Gasteiger partial charge in [0.15, 0.2) is 0 Å². The lowest BCUT2D eigenvalue weighted by molar-refractivity contribution is 0.631. The average Bonchev–Trinajstić information content (AvgIpc) is 2.75. The zero-order valence-corrected chi connectivity index (χ0v) is 9.24. The van der Waals surface area contributed by atoms with Gasteiger partial charge >= 0.3 is 0 Å². The van der Waals surface area contributed by atoms with Gasteiger partial charge in [-0.2, -0.15) is 0 Å². The van der Waals surface area contributed by atoms with E-state index in [0.717, 1.165) is 5.95 Å². The molecule has 1 aromatic rings. The van der Waals surface area contributed by atoms with E-state index >= 15 is 0 Å². The largest absolute Gasteiger partial charge is 0.352 e. The maximum Gasteiger partial charge on any atom is 0.224 e. The van der Waals surface area contributed by atoms with E-state index in [1.807, 2.05) is 0 Å². The monoisotopic (exact) mass is 206 g/mol. The highest BCUT2D eigenvalue weighted by Gasteiger charge is 2.26. The first-order chi connectivity index (χ1) is 7.34. The first kappa shape index (κ1) is 9.19. The molecule has 0 amide bonds. The van der Waals surface area contributed by atoms with Crippen LogP contribution in [0, 0.1) is 0 Å². The average molecular weight is 206 g/mol. The number of rotatable bonds is 3. The van der Waals surface area contributed by atoms with E-state index in [9.17, 15) is 0 Å². The molecule has 0 aromatic carbocycles. The zero-order valence-electron chi connectivity index (χ0n) is 9.24. The minimum atomic E-state index is 0.650. The lowest BCUT2D eigenvalue weighted by atomic mass is 10.1. The first-order valence-electron chi connectivity index (χ1n) is 6.00. The van der Waals surface area contributed by atoms with Crippen LogP contribution >= 0.6 is 0 Å². The van der Waals surface area contributed by atoms with Gasteiger partial charge in [-0.3, -0.25) is 0 Å². The molecule has 4 nitrogen and oxygen atoms in total. The number of nitrogens with zero attached hydrogens (tertiary/aromatic N) is 3. The summed E-state index contributed by atoms with van der Waals surface area (Å²) in [7, 11) is 2.08. The predicted octanol–water partition coefficient (Wildman–Crippen LogP) is 2.05. The molecule has 82 valence electrons. The predicted molar refractivity (Wildman–Crippen MR) is 58.9 cm³/mol. The second-order valence-corrected chi connectivity index (χ2v) is 4.84. The van der Waals surface area contributed by atoms with Crippen molar-refractivity contribution in [1.82, 2.24) is 14.8 Å². The van der Waals surface area contributed by atoms with Gasteiger partial charge in [0.2, 0.25) is 5.95 Å². The van der Waals surface area contributed by atoms with Gasteiger partial charge in [0.1, 0.15) is 5.82 Å². The van der Waals surface area contributed by atoms with Crippen LogP contribution in [-0.2, 0) is 7.05 Å². The molecule has 0 atom stereocenters. The maximum absolute atomic E-state index is 4.33. The highest BCUT2D eigenvalue weighted by atomic mass is 15.4. The fourth-order valence-corrected chi connectivity index (χ4v) is 2.42. The number of hydrogen-bond acceptors (Lipinski definition) is 3. The Hall–Kier alpha value is -1.06. The molecule has 0 bridgehead atoms. The van der Waals surface area contributed by atoms with Gasteiger partial charge < -0.3 is 9.88 Å². The number of nitrogens with one attached hydrogen (secondary N) is 1. The third-order valence-electron chi connectivity index (χ3n) is 3.54. The van der Waals surface area contributed by atoms with Gasteiger partial charge in [0.25, 0.3) is 0 Å². The van der Waals surface area contributed by atoms with Crippen molar-refractivity contribution in [2.24, 2.45) is 7.05 Å². The Morgan fingerprint density at radius 1 is 1.13 bits per heavy atom. The molecule has 4 heteroatoms. The fourth-order valence-electron chi connectivity index (χ4n) is 2.42. The Kier molecular flexibility index (Phi) is 2.15. The quantitative estimate of drug-likeness (QED) is 0.823. The van der Waals surface area contributed by atoms with E-state index in [1.165, 1.54) is 44.3 Å². The number of aromatic nitrogens is 3. The molecular formula is C11H18N4. The van der Waals surface area contributed by atoms with Gasteiger partial charge in [-0.25, -0.2) is 0 Å². The van der Waals surface area contributed by atoms with E-state index in [4.69, 9.17) is 0 Å². The summed E-state index contributed by atoms with van der Waals surface area (Å²) >= 11 is 0. The van der Waals surface area contributed by atoms with Crippen LogP contribution in [0.3, 0.4) is 0 Å². The molecule has 0 spiro atoms. The topological polar surface area (TPSA) is 42.7 Å². The third-order valence-corrected chi connectivity index (χ3v) is 3.54. The van der Waals surface area contributed by atoms with Crippen LogP contribution in [0.25, 0.3) is 0 Å². The summed E-state index contributed by atoms with van der Waals surface area (Å²) in [5.74, 6) is 2.78. The van der Waals surface area contributed by atoms with Crippen LogP contribution in [-0.4, -0.2) is 20.8 Å². The third kappa shape index (κ3) is 1.73. The molecule has 1 N–H and O–H groups in total. The van der Waals surface area contributed by atoms with Crippen LogP contribution in [0.15, 0.2) is 0 Å². The summed E-state index contributed by atoms with van der Waals surface area (Å²) < 4.78 is 2.15. The van der Waals surface area contributed by atoms with E-state index in [1.54, 1.807) is 0 Å². The van der Waals surface area contributed by atoms with Crippen LogP contribution in [0.1, 0.15) is 50.3 Å². The van der Waals surface area contributed by atoms with Crippen molar-refractivity contribution in [3.05, 3.63) is 5.82 Å². The SMILES string of the molecule is Cn1c(NC2CC2)nnc1C1CCCC1. The second kappa shape index (κ2) is 3.51. The lowest BCUT2D eigenvalue weighted by Gasteiger charge is -2.09. The van der Waals surface area contributed by atoms with E-state index in [-0.39, 0.29) is 0 Å². The molecule has 15 heavy (non-hydrogen) atoms. The van der Waals surface area contributed by atoms with Crippen molar-refractivity contribution in [3.63, 3.8) is 0 Å². The number of hydrogen-bond donors (Lipinski definition) is 1. The van der Waals surface area contributed by atoms with Crippen molar-refractivity contribution in [2.45, 2.75) is 50.5 Å². The summed E-state index contributed by atoms with van der Waals surface area (Å²) in [6, 6.07) is 0.657. The summed E-state index contributed by atoms with van der Waals surface area (Å²) in [4.78, 5) is 0. The van der Waals surface area contributed by atoms with Crippen molar-refractivity contribution < 1.29 is 0 Å². The Morgan fingerprint density at radius 2 is 1.87 bits per heavy atom. The van der Waals surface area contributed by atoms with Crippen molar-refractivity contribution in [3.8, 4) is 0 Å². The minimum Gasteiger partial charge on any atom is -0.352 e. The van der Waals surface area contributed by atoms with Gasteiger partial charge in [-0.1, -0.05) is 12.8 Å². The van der Waals surface area contributed by atoms with Crippen LogP contribution < -0.4 is 5.32 Å². The normalized spacial score (nSPS) is 22.2. The van der Waals surface area contributed by atoms with Gasteiger partial charge in [-0.05, 0) is 25.7 Å². The van der Waals surface area contributed by atoms with Crippen molar-refractivity contribution >= 4 is 5.95 Å². The summed E-state index contributed by atoms with van der Waals surface area (Å²) in [6.45, 7) is 0. The van der Waals surface area contributed by atoms with E-state index in [2.05, 4.69) is 27.1 Å². The first-order valence-corrected chi connectivity index (χ1v) is 6.00. The molecule has 0 saturated heterocycles. The second-order valence-electron chi connectivity index (χ2n) is 4.84. The van der Waals surface area contributed by atoms with Crippen LogP contribution in [0.4, 0.5) is 5.95 Å². The Morgan fingerprint density at radius 3 is 2.53 bits per heavy atom. The lowest BCUT2D eigenvalue weighted by Crippen LogP contribution is -2.09.